The van der Waals surface area contributed by atoms with Crippen LogP contribution in [0.15, 0.2) is 36.5 Å². The zero-order chi connectivity index (χ0) is 26.0. The molecule has 1 aromatic carbocycles. The molecule has 10 heteroatoms. The molecule has 2 amide bonds. The number of piperidine rings is 1. The molecule has 1 saturated carbocycles. The Bertz CT molecular complexity index is 1190. The number of hydrogen-bond acceptors (Lipinski definition) is 6. The molecule has 36 heavy (non-hydrogen) atoms. The van der Waals surface area contributed by atoms with Crippen molar-refractivity contribution in [2.24, 2.45) is 5.92 Å². The van der Waals surface area contributed by atoms with E-state index in [1.807, 2.05) is 0 Å². The zero-order valence-electron chi connectivity index (χ0n) is 20.3. The number of nitriles is 1. The fraction of sp³-hybridized carbons (Fsp3) is 0.462. The van der Waals surface area contributed by atoms with Crippen LogP contribution in [0.3, 0.4) is 0 Å². The van der Waals surface area contributed by atoms with E-state index >= 15 is 0 Å². The van der Waals surface area contributed by atoms with E-state index < -0.39 is 42.0 Å². The van der Waals surface area contributed by atoms with Crippen molar-refractivity contribution in [1.82, 2.24) is 9.88 Å². The topological polar surface area (TPSA) is 105 Å². The lowest BCUT2D eigenvalue weighted by molar-refractivity contribution is -0.117. The minimum Gasteiger partial charge on any atom is -0.486 e. The number of halogens is 2. The number of carbonyl (C=O) groups excluding carboxylic acids is 2. The Balaban J connectivity index is 1.42. The predicted molar refractivity (Wildman–Crippen MR) is 128 cm³/mol. The fourth-order valence-electron chi connectivity index (χ4n) is 3.90. The number of nitrogens with zero attached hydrogens (tertiary/aromatic N) is 3. The summed E-state index contributed by atoms with van der Waals surface area (Å²) >= 11 is 0. The molecule has 2 aromatic rings. The number of amides is 2. The number of pyridine rings is 1. The number of alkyl halides is 2. The van der Waals surface area contributed by atoms with Crippen LogP contribution >= 0.6 is 0 Å². The van der Waals surface area contributed by atoms with Gasteiger partial charge in [0.2, 0.25) is 5.91 Å². The van der Waals surface area contributed by atoms with Crippen molar-refractivity contribution >= 4 is 17.8 Å². The number of benzene rings is 1. The van der Waals surface area contributed by atoms with E-state index in [2.05, 4.69) is 16.4 Å². The molecular formula is C26H28F2N4O4. The van der Waals surface area contributed by atoms with Gasteiger partial charge in [-0.15, -0.1) is 0 Å². The van der Waals surface area contributed by atoms with E-state index in [9.17, 15) is 23.6 Å². The summed E-state index contributed by atoms with van der Waals surface area (Å²) in [5, 5.41) is 12.3. The Morgan fingerprint density at radius 1 is 1.17 bits per heavy atom. The molecule has 190 valence electrons. The Kier molecular flexibility index (Phi) is 7.11. The largest absolute Gasteiger partial charge is 0.486 e. The third kappa shape index (κ3) is 6.08. The molecule has 1 aliphatic heterocycles. The van der Waals surface area contributed by atoms with Crippen molar-refractivity contribution in [1.29, 1.82) is 5.26 Å². The van der Waals surface area contributed by atoms with Crippen LogP contribution in [0, 0.1) is 17.2 Å². The lowest BCUT2D eigenvalue weighted by Gasteiger charge is -2.35. The fourth-order valence-corrected chi connectivity index (χ4v) is 3.90. The van der Waals surface area contributed by atoms with Gasteiger partial charge in [0.1, 0.15) is 35.5 Å². The number of aromatic nitrogens is 1. The lowest BCUT2D eigenvalue weighted by atomic mass is 10.0. The molecule has 4 atom stereocenters. The van der Waals surface area contributed by atoms with Crippen molar-refractivity contribution < 1.29 is 27.8 Å². The smallest absolute Gasteiger partial charge is 0.410 e. The summed E-state index contributed by atoms with van der Waals surface area (Å²) in [7, 11) is 0. The van der Waals surface area contributed by atoms with Crippen LogP contribution in [0.4, 0.5) is 19.4 Å². The zero-order valence-corrected chi connectivity index (χ0v) is 20.3. The van der Waals surface area contributed by atoms with Gasteiger partial charge < -0.3 is 19.7 Å². The summed E-state index contributed by atoms with van der Waals surface area (Å²) in [4.78, 5) is 29.7. The molecule has 1 aliphatic carbocycles. The second-order valence-electron chi connectivity index (χ2n) is 9.99. The summed E-state index contributed by atoms with van der Waals surface area (Å²) < 4.78 is 39.2. The van der Waals surface area contributed by atoms with Gasteiger partial charge in [0.25, 0.3) is 0 Å². The molecule has 2 aliphatic rings. The van der Waals surface area contributed by atoms with Crippen molar-refractivity contribution in [3.05, 3.63) is 42.1 Å². The first kappa shape index (κ1) is 25.4. The molecule has 4 rings (SSSR count). The number of hydrogen-bond donors (Lipinski definition) is 1. The number of anilines is 1. The second-order valence-corrected chi connectivity index (χ2v) is 9.99. The second kappa shape index (κ2) is 10.1. The Morgan fingerprint density at radius 2 is 1.89 bits per heavy atom. The molecule has 2 fully saturated rings. The van der Waals surface area contributed by atoms with Crippen LogP contribution in [0.25, 0.3) is 11.1 Å². The van der Waals surface area contributed by atoms with Gasteiger partial charge in [-0.05, 0) is 62.6 Å². The van der Waals surface area contributed by atoms with Crippen LogP contribution < -0.4 is 10.1 Å². The van der Waals surface area contributed by atoms with Crippen molar-refractivity contribution in [3.63, 3.8) is 0 Å². The van der Waals surface area contributed by atoms with Gasteiger partial charge in [0.15, 0.2) is 6.17 Å². The predicted octanol–water partition coefficient (Wildman–Crippen LogP) is 4.64. The standard InChI is InChI=1S/C26H28F2N4O4/c1-26(2,3)36-25(34)32-9-7-22(20(28)14-32)35-21-5-4-15(10-17(21)13-29)16-6-8-30-23(11-16)31-24(33)18-12-19(18)27/h4-6,8,10-11,18-20,22H,7,9,12,14H2,1-3H3,(H,30,31,33)/t18-,19-,20+,22-/m0/s1. The molecule has 0 unspecified atom stereocenters. The van der Waals surface area contributed by atoms with Gasteiger partial charge in [0, 0.05) is 19.2 Å². The average Bonchev–Trinajstić information content (AvgIpc) is 3.56. The van der Waals surface area contributed by atoms with E-state index in [1.54, 1.807) is 51.1 Å². The Labute approximate surface area is 208 Å². The van der Waals surface area contributed by atoms with E-state index in [4.69, 9.17) is 9.47 Å². The maximum atomic E-state index is 14.9. The van der Waals surface area contributed by atoms with Crippen LogP contribution in [0.2, 0.25) is 0 Å². The maximum Gasteiger partial charge on any atom is 0.410 e. The SMILES string of the molecule is CC(C)(C)OC(=O)N1CC[C@H](Oc2ccc(-c3ccnc(NC(=O)[C@H]4C[C@@H]4F)c3)cc2C#N)[C@H](F)C1. The van der Waals surface area contributed by atoms with E-state index in [0.29, 0.717) is 11.1 Å². The van der Waals surface area contributed by atoms with Crippen molar-refractivity contribution in [2.45, 2.75) is 57.7 Å². The Morgan fingerprint density at radius 3 is 2.53 bits per heavy atom. The van der Waals surface area contributed by atoms with Crippen LogP contribution in [-0.2, 0) is 9.53 Å². The van der Waals surface area contributed by atoms with Crippen LogP contribution in [-0.4, -0.2) is 59.0 Å². The van der Waals surface area contributed by atoms with Gasteiger partial charge >= 0.3 is 6.09 Å². The number of nitrogens with one attached hydrogen (secondary N) is 1. The highest BCUT2D eigenvalue weighted by Gasteiger charge is 2.43. The summed E-state index contributed by atoms with van der Waals surface area (Å²) in [5.41, 5.74) is 0.901. The first-order chi connectivity index (χ1) is 17.0. The number of carbonyl (C=O) groups is 2. The summed E-state index contributed by atoms with van der Waals surface area (Å²) in [6.07, 6.45) is -1.95. The minimum absolute atomic E-state index is 0.158. The van der Waals surface area contributed by atoms with Gasteiger partial charge in [-0.2, -0.15) is 5.26 Å². The number of rotatable bonds is 5. The third-order valence-electron chi connectivity index (χ3n) is 5.91. The molecule has 8 nitrogen and oxygen atoms in total. The first-order valence-electron chi connectivity index (χ1n) is 11.8. The number of likely N-dealkylation sites (tertiary alicyclic amines) is 1. The first-order valence-corrected chi connectivity index (χ1v) is 11.8. The minimum atomic E-state index is -1.45. The highest BCUT2D eigenvalue weighted by molar-refractivity contribution is 5.94. The van der Waals surface area contributed by atoms with E-state index in [-0.39, 0.29) is 43.1 Å². The summed E-state index contributed by atoms with van der Waals surface area (Å²) in [6, 6.07) is 10.4. The molecule has 1 saturated heterocycles. The van der Waals surface area contributed by atoms with Gasteiger partial charge in [-0.1, -0.05) is 6.07 Å². The molecule has 0 bridgehead atoms. The molecule has 1 N–H and O–H groups in total. The monoisotopic (exact) mass is 498 g/mol. The summed E-state index contributed by atoms with van der Waals surface area (Å²) in [5.74, 6) is -0.517. The van der Waals surface area contributed by atoms with Crippen molar-refractivity contribution in [3.8, 4) is 22.9 Å². The highest BCUT2D eigenvalue weighted by atomic mass is 19.1. The van der Waals surface area contributed by atoms with Crippen LogP contribution in [0.5, 0.6) is 5.75 Å². The van der Waals surface area contributed by atoms with Gasteiger partial charge in [-0.3, -0.25) is 4.79 Å². The van der Waals surface area contributed by atoms with Gasteiger partial charge in [-0.25, -0.2) is 18.6 Å². The lowest BCUT2D eigenvalue weighted by Crippen LogP contribution is -2.50. The normalized spacial score (nSPS) is 23.4. The highest BCUT2D eigenvalue weighted by Crippen LogP contribution is 2.35. The van der Waals surface area contributed by atoms with Crippen LogP contribution in [0.1, 0.15) is 39.2 Å². The quantitative estimate of drug-likeness (QED) is 0.644. The molecule has 0 spiro atoms. The van der Waals surface area contributed by atoms with Crippen molar-refractivity contribution in [2.75, 3.05) is 18.4 Å². The molecule has 2 heterocycles. The number of ether oxygens (including phenoxy) is 2. The Hall–Kier alpha value is -3.74. The third-order valence-corrected chi connectivity index (χ3v) is 5.91. The van der Waals surface area contributed by atoms with E-state index in [1.165, 1.54) is 11.1 Å². The molecule has 0 radical (unpaired) electrons. The maximum absolute atomic E-state index is 14.9. The molecule has 1 aromatic heterocycles. The summed E-state index contributed by atoms with van der Waals surface area (Å²) in [6.45, 7) is 5.36. The average molecular weight is 499 g/mol. The van der Waals surface area contributed by atoms with E-state index in [0.717, 1.165) is 0 Å². The molecular weight excluding hydrogens is 470 g/mol. The van der Waals surface area contributed by atoms with Gasteiger partial charge in [0.05, 0.1) is 18.0 Å².